The largest absolute Gasteiger partial charge is 0.487 e. The zero-order valence-corrected chi connectivity index (χ0v) is 14.6. The van der Waals surface area contributed by atoms with Gasteiger partial charge in [-0.1, -0.05) is 44.0 Å². The first-order valence-electron chi connectivity index (χ1n) is 6.47. The van der Waals surface area contributed by atoms with Crippen molar-refractivity contribution in [3.8, 4) is 5.75 Å². The Morgan fingerprint density at radius 3 is 2.53 bits per heavy atom. The van der Waals surface area contributed by atoms with Gasteiger partial charge in [0.25, 0.3) is 0 Å². The molecule has 2 nitrogen and oxygen atoms in total. The molecule has 0 heterocycles. The summed E-state index contributed by atoms with van der Waals surface area (Å²) in [6.45, 7) is 8.19. The number of nitrogens with one attached hydrogen (secondary N) is 1. The minimum Gasteiger partial charge on any atom is -0.487 e. The quantitative estimate of drug-likeness (QED) is 0.530. The average molecular weight is 369 g/mol. The molecule has 19 heavy (non-hydrogen) atoms. The molecule has 0 saturated heterocycles. The van der Waals surface area contributed by atoms with Gasteiger partial charge in [0.15, 0.2) is 0 Å². The molecule has 5 heteroatoms. The topological polar surface area (TPSA) is 21.3 Å². The number of hydrogen-bond acceptors (Lipinski definition) is 2. The van der Waals surface area contributed by atoms with E-state index in [4.69, 9.17) is 27.9 Å². The molecule has 0 amide bonds. The average Bonchev–Trinajstić information content (AvgIpc) is 2.34. The summed E-state index contributed by atoms with van der Waals surface area (Å²) in [4.78, 5) is 0. The van der Waals surface area contributed by atoms with Crippen molar-refractivity contribution in [2.75, 3.05) is 13.1 Å². The van der Waals surface area contributed by atoms with E-state index in [9.17, 15) is 0 Å². The molecule has 1 unspecified atom stereocenters. The third-order valence-corrected chi connectivity index (χ3v) is 4.26. The van der Waals surface area contributed by atoms with Crippen LogP contribution in [0.3, 0.4) is 0 Å². The molecule has 0 bridgehead atoms. The lowest BCUT2D eigenvalue weighted by molar-refractivity contribution is 0.149. The lowest BCUT2D eigenvalue weighted by Crippen LogP contribution is -2.35. The van der Waals surface area contributed by atoms with Crippen LogP contribution in [0.25, 0.3) is 0 Å². The Labute approximate surface area is 133 Å². The van der Waals surface area contributed by atoms with Crippen LogP contribution in [0, 0.1) is 5.92 Å². The Balaban J connectivity index is 2.76. The molecule has 0 aliphatic rings. The molecule has 0 aliphatic carbocycles. The fourth-order valence-corrected chi connectivity index (χ4v) is 2.43. The fraction of sp³-hybridized carbons (Fsp3) is 0.571. The van der Waals surface area contributed by atoms with Crippen LogP contribution in [0.15, 0.2) is 16.6 Å². The van der Waals surface area contributed by atoms with Gasteiger partial charge in [-0.3, -0.25) is 0 Å². The number of hydrogen-bond donors (Lipinski definition) is 1. The van der Waals surface area contributed by atoms with Gasteiger partial charge in [-0.05, 0) is 40.9 Å². The number of benzene rings is 1. The Morgan fingerprint density at radius 2 is 1.95 bits per heavy atom. The van der Waals surface area contributed by atoms with Crippen molar-refractivity contribution >= 4 is 39.1 Å². The van der Waals surface area contributed by atoms with Crippen LogP contribution >= 0.6 is 39.1 Å². The highest BCUT2D eigenvalue weighted by molar-refractivity contribution is 9.10. The van der Waals surface area contributed by atoms with Crippen LogP contribution in [-0.4, -0.2) is 19.2 Å². The Bertz CT molecular complexity index is 413. The van der Waals surface area contributed by atoms with Gasteiger partial charge in [0, 0.05) is 17.1 Å². The second kappa shape index (κ2) is 8.35. The summed E-state index contributed by atoms with van der Waals surface area (Å²) in [5.74, 6) is 1.02. The second-order valence-corrected chi connectivity index (χ2v) is 6.47. The summed E-state index contributed by atoms with van der Waals surface area (Å²) in [6, 6.07) is 3.51. The van der Waals surface area contributed by atoms with Crippen LogP contribution in [-0.2, 0) is 0 Å². The van der Waals surface area contributed by atoms with Crippen LogP contribution < -0.4 is 10.1 Å². The van der Waals surface area contributed by atoms with E-state index in [1.165, 1.54) is 0 Å². The molecular weight excluding hydrogens is 349 g/mol. The molecule has 1 atom stereocenters. The SMILES string of the molecule is CCCNCC(Oc1cc(Cl)c(Br)cc1Cl)C(C)C. The summed E-state index contributed by atoms with van der Waals surface area (Å²) in [7, 11) is 0. The summed E-state index contributed by atoms with van der Waals surface area (Å²) >= 11 is 15.6. The van der Waals surface area contributed by atoms with E-state index in [0.717, 1.165) is 24.0 Å². The molecule has 0 aromatic heterocycles. The predicted molar refractivity (Wildman–Crippen MR) is 86.6 cm³/mol. The smallest absolute Gasteiger partial charge is 0.139 e. The Morgan fingerprint density at radius 1 is 1.26 bits per heavy atom. The molecule has 108 valence electrons. The van der Waals surface area contributed by atoms with Crippen molar-refractivity contribution in [3.63, 3.8) is 0 Å². The van der Waals surface area contributed by atoms with Crippen LogP contribution in [0.2, 0.25) is 10.0 Å². The minimum atomic E-state index is 0.0706. The van der Waals surface area contributed by atoms with E-state index < -0.39 is 0 Å². The van der Waals surface area contributed by atoms with Gasteiger partial charge in [0.05, 0.1) is 10.0 Å². The van der Waals surface area contributed by atoms with Crippen molar-refractivity contribution < 1.29 is 4.74 Å². The lowest BCUT2D eigenvalue weighted by Gasteiger charge is -2.24. The number of halogens is 3. The van der Waals surface area contributed by atoms with Crippen molar-refractivity contribution in [1.82, 2.24) is 5.32 Å². The molecule has 1 aromatic rings. The van der Waals surface area contributed by atoms with Crippen LogP contribution in [0.1, 0.15) is 27.2 Å². The first-order chi connectivity index (χ1) is 8.95. The Kier molecular flexibility index (Phi) is 7.52. The van der Waals surface area contributed by atoms with Crippen LogP contribution in [0.5, 0.6) is 5.75 Å². The van der Waals surface area contributed by atoms with E-state index in [1.807, 2.05) is 0 Å². The molecule has 0 saturated carbocycles. The third-order valence-electron chi connectivity index (χ3n) is 2.77. The molecule has 1 rings (SSSR count). The van der Waals surface area contributed by atoms with Crippen molar-refractivity contribution in [3.05, 3.63) is 26.7 Å². The minimum absolute atomic E-state index is 0.0706. The zero-order chi connectivity index (χ0) is 14.4. The standard InChI is InChI=1S/C14H20BrCl2NO/c1-4-5-18-8-14(9(2)3)19-13-7-11(16)10(15)6-12(13)17/h6-7,9,14,18H,4-5,8H2,1-3H3. The Hall–Kier alpha value is 0.0400. The van der Waals surface area contributed by atoms with E-state index in [0.29, 0.717) is 21.7 Å². The van der Waals surface area contributed by atoms with Crippen LogP contribution in [0.4, 0.5) is 0 Å². The predicted octanol–water partition coefficient (Wildman–Crippen LogP) is 5.16. The molecule has 1 aromatic carbocycles. The van der Waals surface area contributed by atoms with Gasteiger partial charge in [-0.15, -0.1) is 0 Å². The van der Waals surface area contributed by atoms with Crippen molar-refractivity contribution in [2.45, 2.75) is 33.3 Å². The third kappa shape index (κ3) is 5.50. The maximum atomic E-state index is 6.18. The summed E-state index contributed by atoms with van der Waals surface area (Å²) in [5.41, 5.74) is 0. The summed E-state index contributed by atoms with van der Waals surface area (Å²) in [6.07, 6.45) is 1.18. The van der Waals surface area contributed by atoms with Gasteiger partial charge in [-0.25, -0.2) is 0 Å². The molecule has 0 spiro atoms. The second-order valence-electron chi connectivity index (χ2n) is 4.80. The molecular formula is C14H20BrCl2NO. The van der Waals surface area contributed by atoms with E-state index >= 15 is 0 Å². The summed E-state index contributed by atoms with van der Waals surface area (Å²) < 4.78 is 6.76. The van der Waals surface area contributed by atoms with E-state index in [1.54, 1.807) is 12.1 Å². The van der Waals surface area contributed by atoms with Gasteiger partial charge >= 0.3 is 0 Å². The summed E-state index contributed by atoms with van der Waals surface area (Å²) in [5, 5.41) is 4.54. The number of rotatable bonds is 7. The zero-order valence-electron chi connectivity index (χ0n) is 11.5. The van der Waals surface area contributed by atoms with Gasteiger partial charge in [0.1, 0.15) is 11.9 Å². The number of ether oxygens (including phenoxy) is 1. The van der Waals surface area contributed by atoms with Gasteiger partial charge in [0.2, 0.25) is 0 Å². The first kappa shape index (κ1) is 17.1. The van der Waals surface area contributed by atoms with Gasteiger partial charge < -0.3 is 10.1 Å². The first-order valence-corrected chi connectivity index (χ1v) is 8.02. The molecule has 0 fully saturated rings. The van der Waals surface area contributed by atoms with E-state index in [2.05, 4.69) is 42.0 Å². The van der Waals surface area contributed by atoms with Gasteiger partial charge in [-0.2, -0.15) is 0 Å². The van der Waals surface area contributed by atoms with E-state index in [-0.39, 0.29) is 6.10 Å². The highest BCUT2D eigenvalue weighted by atomic mass is 79.9. The highest BCUT2D eigenvalue weighted by Gasteiger charge is 2.17. The molecule has 0 aliphatic heterocycles. The monoisotopic (exact) mass is 367 g/mol. The normalized spacial score (nSPS) is 12.8. The fourth-order valence-electron chi connectivity index (χ4n) is 1.59. The maximum Gasteiger partial charge on any atom is 0.139 e. The van der Waals surface area contributed by atoms with Crippen molar-refractivity contribution in [2.24, 2.45) is 5.92 Å². The highest BCUT2D eigenvalue weighted by Crippen LogP contribution is 2.35. The molecule has 1 N–H and O–H groups in total. The molecule has 0 radical (unpaired) electrons. The lowest BCUT2D eigenvalue weighted by atomic mass is 10.1. The maximum absolute atomic E-state index is 6.18. The van der Waals surface area contributed by atoms with Crippen molar-refractivity contribution in [1.29, 1.82) is 0 Å².